The first-order valence-corrected chi connectivity index (χ1v) is 12.7. The fourth-order valence-corrected chi connectivity index (χ4v) is 5.24. The summed E-state index contributed by atoms with van der Waals surface area (Å²) < 4.78 is 12.4. The minimum absolute atomic E-state index is 0.0252. The molecule has 2 heterocycles. The first-order valence-electron chi connectivity index (χ1n) is 10.7. The van der Waals surface area contributed by atoms with Gasteiger partial charge in [-0.25, -0.2) is 4.79 Å². The Kier molecular flexibility index (Phi) is 7.91. The van der Waals surface area contributed by atoms with Crippen molar-refractivity contribution < 1.29 is 19.1 Å². The van der Waals surface area contributed by atoms with Crippen molar-refractivity contribution in [3.8, 4) is 22.8 Å². The minimum atomic E-state index is -0.441. The molecular weight excluding hydrogens is 472 g/mol. The summed E-state index contributed by atoms with van der Waals surface area (Å²) in [5.41, 5.74) is 1.82. The Labute approximate surface area is 206 Å². The molecule has 0 radical (unpaired) electrons. The molecule has 0 unspecified atom stereocenters. The monoisotopic (exact) mass is 496 g/mol. The van der Waals surface area contributed by atoms with E-state index in [0.717, 1.165) is 17.0 Å². The average molecular weight is 497 g/mol. The number of methoxy groups -OCH3 is 1. The zero-order valence-electron chi connectivity index (χ0n) is 18.8. The molecular formula is C24H24N4O4S2. The number of thioether (sulfide) groups is 2. The smallest absolute Gasteiger partial charge is 0.333 e. The van der Waals surface area contributed by atoms with Crippen LogP contribution in [0.4, 0.5) is 0 Å². The summed E-state index contributed by atoms with van der Waals surface area (Å²) in [4.78, 5) is 25.8. The van der Waals surface area contributed by atoms with Gasteiger partial charge in [0.2, 0.25) is 5.91 Å². The second-order valence-corrected chi connectivity index (χ2v) is 9.18. The van der Waals surface area contributed by atoms with Crippen molar-refractivity contribution >= 4 is 35.4 Å². The highest BCUT2D eigenvalue weighted by molar-refractivity contribution is 8.04. The molecule has 0 aliphatic carbocycles. The van der Waals surface area contributed by atoms with Crippen LogP contribution in [0.15, 0.2) is 70.9 Å². The number of hydrogen-bond donors (Lipinski definition) is 0. The van der Waals surface area contributed by atoms with E-state index in [0.29, 0.717) is 40.7 Å². The van der Waals surface area contributed by atoms with E-state index in [1.165, 1.54) is 29.6 Å². The quantitative estimate of drug-likeness (QED) is 0.250. The van der Waals surface area contributed by atoms with E-state index in [1.54, 1.807) is 18.9 Å². The number of nitrogens with zero attached hydrogens (tertiary/aromatic N) is 4. The number of carbonyl (C=O) groups excluding carboxylic acids is 2. The largest absolute Gasteiger partial charge is 0.497 e. The number of benzene rings is 2. The number of esters is 1. The molecule has 0 saturated carbocycles. The molecule has 0 bridgehead atoms. The van der Waals surface area contributed by atoms with Crippen LogP contribution in [0.5, 0.6) is 5.75 Å². The van der Waals surface area contributed by atoms with Crippen LogP contribution in [0.3, 0.4) is 0 Å². The summed E-state index contributed by atoms with van der Waals surface area (Å²) in [7, 11) is 1.63. The van der Waals surface area contributed by atoms with Crippen LogP contribution >= 0.6 is 23.5 Å². The van der Waals surface area contributed by atoms with Crippen LogP contribution in [-0.2, 0) is 14.3 Å². The van der Waals surface area contributed by atoms with Gasteiger partial charge in [0.15, 0.2) is 11.0 Å². The second kappa shape index (κ2) is 11.3. The summed E-state index contributed by atoms with van der Waals surface area (Å²) in [6.07, 6.45) is 1.39. The molecule has 1 aliphatic rings. The van der Waals surface area contributed by atoms with Gasteiger partial charge in [-0.1, -0.05) is 53.9 Å². The lowest BCUT2D eigenvalue weighted by Gasteiger charge is -2.17. The third-order valence-electron chi connectivity index (χ3n) is 4.96. The van der Waals surface area contributed by atoms with E-state index in [9.17, 15) is 9.59 Å². The van der Waals surface area contributed by atoms with Gasteiger partial charge in [-0.3, -0.25) is 9.36 Å². The third-order valence-corrected chi connectivity index (χ3v) is 6.89. The predicted molar refractivity (Wildman–Crippen MR) is 133 cm³/mol. The third kappa shape index (κ3) is 5.45. The van der Waals surface area contributed by atoms with Gasteiger partial charge in [0.1, 0.15) is 5.75 Å². The average Bonchev–Trinajstić information content (AvgIpc) is 3.43. The molecule has 34 heavy (non-hydrogen) atoms. The van der Waals surface area contributed by atoms with Crippen molar-refractivity contribution in [3.05, 3.63) is 65.7 Å². The van der Waals surface area contributed by atoms with Crippen LogP contribution in [0.2, 0.25) is 0 Å². The van der Waals surface area contributed by atoms with Gasteiger partial charge in [0.25, 0.3) is 0 Å². The topological polar surface area (TPSA) is 86.6 Å². The molecule has 0 spiro atoms. The fraction of sp³-hybridized carbons (Fsp3) is 0.250. The number of carbonyl (C=O) groups is 2. The van der Waals surface area contributed by atoms with Gasteiger partial charge in [-0.05, 0) is 31.2 Å². The van der Waals surface area contributed by atoms with Gasteiger partial charge in [0, 0.05) is 23.5 Å². The van der Waals surface area contributed by atoms with E-state index < -0.39 is 5.97 Å². The van der Waals surface area contributed by atoms with Crippen molar-refractivity contribution in [2.24, 2.45) is 0 Å². The highest BCUT2D eigenvalue weighted by Gasteiger charge is 2.27. The molecule has 1 aliphatic heterocycles. The Bertz CT molecular complexity index is 1200. The zero-order valence-corrected chi connectivity index (χ0v) is 20.5. The predicted octanol–water partition coefficient (Wildman–Crippen LogP) is 4.01. The minimum Gasteiger partial charge on any atom is -0.497 e. The summed E-state index contributed by atoms with van der Waals surface area (Å²) in [5.74, 6) is 1.86. The number of para-hydroxylation sites is 1. The van der Waals surface area contributed by atoms with E-state index in [4.69, 9.17) is 9.47 Å². The Morgan fingerprint density at radius 1 is 1.18 bits per heavy atom. The Morgan fingerprint density at radius 2 is 2.00 bits per heavy atom. The molecule has 1 aromatic heterocycles. The van der Waals surface area contributed by atoms with Crippen LogP contribution in [-0.4, -0.2) is 63.3 Å². The van der Waals surface area contributed by atoms with Crippen LogP contribution < -0.4 is 4.74 Å². The standard InChI is InChI=1S/C24H24N4O4S2/c1-3-32-22(30)15-21-27(20(29)16-34-21)12-13-33-24-26-25-23(17-8-7-11-19(14-17)31-2)28(24)18-9-5-4-6-10-18/h4-11,14-15H,3,12-13,16H2,1-2H3/b21-15+. The highest BCUT2D eigenvalue weighted by atomic mass is 32.2. The Balaban J connectivity index is 1.56. The van der Waals surface area contributed by atoms with Crippen LogP contribution in [0, 0.1) is 0 Å². The van der Waals surface area contributed by atoms with Crippen molar-refractivity contribution in [3.63, 3.8) is 0 Å². The summed E-state index contributed by atoms with van der Waals surface area (Å²) in [5, 5.41) is 10.2. The number of amides is 1. The molecule has 0 N–H and O–H groups in total. The molecule has 4 rings (SSSR count). The molecule has 3 aromatic rings. The Morgan fingerprint density at radius 3 is 2.76 bits per heavy atom. The highest BCUT2D eigenvalue weighted by Crippen LogP contribution is 2.32. The van der Waals surface area contributed by atoms with Gasteiger partial charge < -0.3 is 14.4 Å². The van der Waals surface area contributed by atoms with Crippen molar-refractivity contribution in [1.82, 2.24) is 19.7 Å². The molecule has 8 nitrogen and oxygen atoms in total. The van der Waals surface area contributed by atoms with Crippen LogP contribution in [0.25, 0.3) is 17.1 Å². The van der Waals surface area contributed by atoms with Crippen molar-refractivity contribution in [2.45, 2.75) is 12.1 Å². The molecule has 1 saturated heterocycles. The normalized spacial score (nSPS) is 14.6. The SMILES string of the molecule is CCOC(=O)/C=C1/SCC(=O)N1CCSc1nnc(-c2cccc(OC)c2)n1-c1ccccc1. The second-order valence-electron chi connectivity index (χ2n) is 7.13. The lowest BCUT2D eigenvalue weighted by atomic mass is 10.2. The first-order chi connectivity index (χ1) is 16.6. The van der Waals surface area contributed by atoms with Crippen molar-refractivity contribution in [1.29, 1.82) is 0 Å². The number of ether oxygens (including phenoxy) is 2. The van der Waals surface area contributed by atoms with Crippen LogP contribution in [0.1, 0.15) is 6.92 Å². The molecule has 1 fully saturated rings. The van der Waals surface area contributed by atoms with Gasteiger partial charge in [-0.2, -0.15) is 0 Å². The van der Waals surface area contributed by atoms with E-state index in [1.807, 2.05) is 59.2 Å². The lowest BCUT2D eigenvalue weighted by molar-refractivity contribution is -0.137. The Hall–Kier alpha value is -3.24. The van der Waals surface area contributed by atoms with E-state index in [-0.39, 0.29) is 5.91 Å². The first kappa shape index (κ1) is 23.9. The molecule has 1 amide bonds. The zero-order chi connectivity index (χ0) is 23.9. The molecule has 2 aromatic carbocycles. The maximum Gasteiger partial charge on any atom is 0.333 e. The van der Waals surface area contributed by atoms with Crippen molar-refractivity contribution in [2.75, 3.05) is 31.8 Å². The summed E-state index contributed by atoms with van der Waals surface area (Å²) in [6.45, 7) is 2.49. The molecule has 176 valence electrons. The number of aromatic nitrogens is 3. The molecule has 0 atom stereocenters. The molecule has 10 heteroatoms. The maximum atomic E-state index is 12.4. The number of rotatable bonds is 9. The van der Waals surface area contributed by atoms with Gasteiger partial charge in [0.05, 0.1) is 30.6 Å². The number of hydrogen-bond acceptors (Lipinski definition) is 8. The fourth-order valence-electron chi connectivity index (χ4n) is 3.40. The van der Waals surface area contributed by atoms with E-state index >= 15 is 0 Å². The summed E-state index contributed by atoms with van der Waals surface area (Å²) >= 11 is 2.85. The van der Waals surface area contributed by atoms with Gasteiger partial charge >= 0.3 is 5.97 Å². The van der Waals surface area contributed by atoms with Gasteiger partial charge in [-0.15, -0.1) is 10.2 Å². The maximum absolute atomic E-state index is 12.4. The van der Waals surface area contributed by atoms with E-state index in [2.05, 4.69) is 10.2 Å². The summed E-state index contributed by atoms with van der Waals surface area (Å²) in [6, 6.07) is 17.6. The lowest BCUT2D eigenvalue weighted by Crippen LogP contribution is -2.27.